The van der Waals surface area contributed by atoms with Crippen LogP contribution in [0.3, 0.4) is 0 Å². The van der Waals surface area contributed by atoms with Gasteiger partial charge in [-0.2, -0.15) is 0 Å². The van der Waals surface area contributed by atoms with Crippen LogP contribution >= 0.6 is 0 Å². The van der Waals surface area contributed by atoms with Gasteiger partial charge in [0, 0.05) is 20.1 Å². The van der Waals surface area contributed by atoms with Crippen LogP contribution in [0.25, 0.3) is 0 Å². The van der Waals surface area contributed by atoms with Crippen LogP contribution in [-0.4, -0.2) is 19.6 Å². The van der Waals surface area contributed by atoms with Crippen LogP contribution in [-0.2, 0) is 9.53 Å². The summed E-state index contributed by atoms with van der Waals surface area (Å²) in [6, 6.07) is 0. The highest BCUT2D eigenvalue weighted by Crippen LogP contribution is 2.13. The molecule has 0 aromatic carbocycles. The lowest BCUT2D eigenvalue weighted by molar-refractivity contribution is -0.117. The second kappa shape index (κ2) is 20.2. The van der Waals surface area contributed by atoms with Gasteiger partial charge in [-0.25, -0.2) is 0 Å². The third-order valence-corrected chi connectivity index (χ3v) is 4.44. The maximum absolute atomic E-state index is 10.6. The zero-order valence-electron chi connectivity index (χ0n) is 16.1. The summed E-state index contributed by atoms with van der Waals surface area (Å²) >= 11 is 0. The number of unbranched alkanes of at least 4 members (excludes halogenated alkanes) is 13. The summed E-state index contributed by atoms with van der Waals surface area (Å²) in [5.41, 5.74) is 5.09. The molecule has 0 aliphatic rings. The number of methoxy groups -OCH3 is 1. The number of ether oxygens (including phenoxy) is 1. The number of carbonyl (C=O) groups is 1. The van der Waals surface area contributed by atoms with Crippen LogP contribution in [0.2, 0.25) is 0 Å². The molecule has 0 fully saturated rings. The zero-order chi connectivity index (χ0) is 17.7. The van der Waals surface area contributed by atoms with Gasteiger partial charge in [0.1, 0.15) is 0 Å². The lowest BCUT2D eigenvalue weighted by Crippen LogP contribution is -2.08. The molecule has 0 atom stereocenters. The zero-order valence-corrected chi connectivity index (χ0v) is 16.1. The molecule has 0 aliphatic heterocycles. The Labute approximate surface area is 150 Å². The topological polar surface area (TPSA) is 52.3 Å². The highest BCUT2D eigenvalue weighted by Gasteiger charge is 1.94. The molecule has 0 saturated heterocycles. The quantitative estimate of drug-likeness (QED) is 0.235. The molecule has 0 aliphatic carbocycles. The van der Waals surface area contributed by atoms with Crippen molar-refractivity contribution in [1.82, 2.24) is 0 Å². The van der Waals surface area contributed by atoms with Crippen molar-refractivity contribution in [2.24, 2.45) is 5.73 Å². The molecule has 1 amide bonds. The molecule has 0 radical (unpaired) electrons. The van der Waals surface area contributed by atoms with Crippen LogP contribution in [0.1, 0.15) is 103 Å². The number of rotatable bonds is 19. The van der Waals surface area contributed by atoms with Crippen LogP contribution in [0.5, 0.6) is 0 Å². The molecule has 0 aromatic rings. The lowest BCUT2D eigenvalue weighted by Gasteiger charge is -2.03. The summed E-state index contributed by atoms with van der Waals surface area (Å²) in [6.45, 7) is 0.922. The van der Waals surface area contributed by atoms with Gasteiger partial charge in [0.2, 0.25) is 5.91 Å². The Bertz CT molecular complexity index is 290. The van der Waals surface area contributed by atoms with Gasteiger partial charge in [0.15, 0.2) is 0 Å². The molecule has 0 bridgehead atoms. The van der Waals surface area contributed by atoms with E-state index in [1.807, 2.05) is 0 Å². The van der Waals surface area contributed by atoms with Crippen molar-refractivity contribution in [3.05, 3.63) is 12.2 Å². The summed E-state index contributed by atoms with van der Waals surface area (Å²) in [5.74, 6) is -0.207. The maximum atomic E-state index is 10.6. The Kier molecular flexibility index (Phi) is 19.5. The van der Waals surface area contributed by atoms with Crippen LogP contribution in [0, 0.1) is 0 Å². The fraction of sp³-hybridized carbons (Fsp3) is 0.857. The Hall–Kier alpha value is -0.830. The minimum atomic E-state index is -0.207. The second-order valence-electron chi connectivity index (χ2n) is 6.85. The molecule has 0 rings (SSSR count). The smallest absolute Gasteiger partial charge is 0.217 e. The predicted molar refractivity (Wildman–Crippen MR) is 104 cm³/mol. The first-order valence-corrected chi connectivity index (χ1v) is 10.2. The third kappa shape index (κ3) is 21.2. The van der Waals surface area contributed by atoms with Gasteiger partial charge in [-0.3, -0.25) is 4.79 Å². The van der Waals surface area contributed by atoms with Gasteiger partial charge in [-0.15, -0.1) is 0 Å². The van der Waals surface area contributed by atoms with Gasteiger partial charge >= 0.3 is 0 Å². The van der Waals surface area contributed by atoms with Crippen molar-refractivity contribution in [2.45, 2.75) is 103 Å². The van der Waals surface area contributed by atoms with Crippen LogP contribution < -0.4 is 5.73 Å². The number of amides is 1. The first kappa shape index (κ1) is 23.2. The van der Waals surface area contributed by atoms with Crippen molar-refractivity contribution < 1.29 is 9.53 Å². The molecule has 0 saturated carbocycles. The van der Waals surface area contributed by atoms with E-state index in [9.17, 15) is 4.79 Å². The monoisotopic (exact) mass is 339 g/mol. The average molecular weight is 340 g/mol. The number of hydrogen-bond donors (Lipinski definition) is 1. The fourth-order valence-electron chi connectivity index (χ4n) is 2.91. The van der Waals surface area contributed by atoms with Crippen LogP contribution in [0.15, 0.2) is 12.2 Å². The SMILES string of the molecule is COCCCCCCCCCCCCCCCC=CCCC(N)=O. The van der Waals surface area contributed by atoms with E-state index in [4.69, 9.17) is 10.5 Å². The maximum Gasteiger partial charge on any atom is 0.217 e. The van der Waals surface area contributed by atoms with E-state index in [1.54, 1.807) is 7.11 Å². The minimum absolute atomic E-state index is 0.207. The highest BCUT2D eigenvalue weighted by atomic mass is 16.5. The molecule has 3 nitrogen and oxygen atoms in total. The number of carbonyl (C=O) groups excluding carboxylic acids is 1. The number of hydrogen-bond acceptors (Lipinski definition) is 2. The minimum Gasteiger partial charge on any atom is -0.385 e. The normalized spacial score (nSPS) is 11.4. The van der Waals surface area contributed by atoms with Crippen molar-refractivity contribution in [1.29, 1.82) is 0 Å². The summed E-state index contributed by atoms with van der Waals surface area (Å²) in [5, 5.41) is 0. The van der Waals surface area contributed by atoms with E-state index in [1.165, 1.54) is 83.5 Å². The molecule has 0 spiro atoms. The summed E-state index contributed by atoms with van der Waals surface area (Å²) in [7, 11) is 1.78. The Morgan fingerprint density at radius 1 is 0.708 bits per heavy atom. The van der Waals surface area contributed by atoms with Crippen molar-refractivity contribution in [3.63, 3.8) is 0 Å². The molecule has 0 aromatic heterocycles. The van der Waals surface area contributed by atoms with Gasteiger partial charge in [0.05, 0.1) is 0 Å². The number of primary amides is 1. The Morgan fingerprint density at radius 2 is 1.12 bits per heavy atom. The standard InChI is InChI=1S/C21H41NO2/c1-24-20-18-16-14-12-10-8-6-4-2-3-5-7-9-11-13-15-17-19-21(22)23/h13,15H,2-12,14,16-20H2,1H3,(H2,22,23). The van der Waals surface area contributed by atoms with E-state index in [2.05, 4.69) is 12.2 Å². The van der Waals surface area contributed by atoms with E-state index in [0.717, 1.165) is 19.4 Å². The predicted octanol–water partition coefficient (Wildman–Crippen LogP) is 5.92. The molecular formula is C21H41NO2. The highest BCUT2D eigenvalue weighted by molar-refractivity contribution is 5.73. The first-order valence-electron chi connectivity index (χ1n) is 10.2. The Morgan fingerprint density at radius 3 is 1.58 bits per heavy atom. The number of nitrogens with two attached hydrogens (primary N) is 1. The van der Waals surface area contributed by atoms with Gasteiger partial charge in [0.25, 0.3) is 0 Å². The largest absolute Gasteiger partial charge is 0.385 e. The van der Waals surface area contributed by atoms with Gasteiger partial charge in [-0.1, -0.05) is 82.8 Å². The molecule has 142 valence electrons. The lowest BCUT2D eigenvalue weighted by atomic mass is 10.0. The third-order valence-electron chi connectivity index (χ3n) is 4.44. The average Bonchev–Trinajstić information content (AvgIpc) is 2.56. The van der Waals surface area contributed by atoms with Crippen LogP contribution in [0.4, 0.5) is 0 Å². The molecule has 3 heteroatoms. The number of allylic oxidation sites excluding steroid dienone is 2. The Balaban J connectivity index is 3.04. The van der Waals surface area contributed by atoms with Crippen molar-refractivity contribution >= 4 is 5.91 Å². The van der Waals surface area contributed by atoms with E-state index >= 15 is 0 Å². The molecule has 0 unspecified atom stereocenters. The second-order valence-corrected chi connectivity index (χ2v) is 6.85. The molecule has 24 heavy (non-hydrogen) atoms. The molecule has 2 N–H and O–H groups in total. The van der Waals surface area contributed by atoms with Gasteiger partial charge < -0.3 is 10.5 Å². The summed E-state index contributed by atoms with van der Waals surface area (Å²) < 4.78 is 5.06. The van der Waals surface area contributed by atoms with Crippen molar-refractivity contribution in [2.75, 3.05) is 13.7 Å². The van der Waals surface area contributed by atoms with E-state index < -0.39 is 0 Å². The fourth-order valence-corrected chi connectivity index (χ4v) is 2.91. The van der Waals surface area contributed by atoms with E-state index in [0.29, 0.717) is 6.42 Å². The van der Waals surface area contributed by atoms with E-state index in [-0.39, 0.29) is 5.91 Å². The molecule has 0 heterocycles. The van der Waals surface area contributed by atoms with Crippen molar-refractivity contribution in [3.8, 4) is 0 Å². The summed E-state index contributed by atoms with van der Waals surface area (Å²) in [6.07, 6.45) is 24.4. The molecular weight excluding hydrogens is 298 g/mol. The van der Waals surface area contributed by atoms with Gasteiger partial charge in [-0.05, 0) is 25.7 Å². The summed E-state index contributed by atoms with van der Waals surface area (Å²) in [4.78, 5) is 10.6. The first-order chi connectivity index (χ1) is 11.8.